The molecule has 0 amide bonds. The Morgan fingerprint density at radius 3 is 2.36 bits per heavy atom. The van der Waals surface area contributed by atoms with E-state index >= 15 is 0 Å². The summed E-state index contributed by atoms with van der Waals surface area (Å²) in [6.45, 7) is 4.66. The van der Waals surface area contributed by atoms with Crippen molar-refractivity contribution >= 4 is 17.8 Å². The predicted molar refractivity (Wildman–Crippen MR) is 137 cm³/mol. The van der Waals surface area contributed by atoms with Crippen molar-refractivity contribution in [1.29, 1.82) is 5.41 Å². The zero-order chi connectivity index (χ0) is 23.9. The monoisotopic (exact) mass is 458 g/mol. The highest BCUT2D eigenvalue weighted by Crippen LogP contribution is 2.13. The van der Waals surface area contributed by atoms with Gasteiger partial charge in [-0.05, 0) is 43.5 Å². The molecule has 184 valence electrons. The van der Waals surface area contributed by atoms with E-state index in [1.807, 2.05) is 48.2 Å². The molecule has 0 unspecified atom stereocenters. The number of hydrogen-bond acceptors (Lipinski definition) is 5. The molecule has 0 saturated carbocycles. The van der Waals surface area contributed by atoms with Crippen molar-refractivity contribution in [1.82, 2.24) is 15.1 Å². The van der Waals surface area contributed by atoms with Gasteiger partial charge in [0.25, 0.3) is 0 Å². The normalized spacial score (nSPS) is 13.0. The first-order valence-electron chi connectivity index (χ1n) is 12.0. The first kappa shape index (κ1) is 26.3. The third-order valence-electron chi connectivity index (χ3n) is 5.64. The zero-order valence-electron chi connectivity index (χ0n) is 20.4. The van der Waals surface area contributed by atoms with Gasteiger partial charge in [-0.25, -0.2) is 0 Å². The van der Waals surface area contributed by atoms with Gasteiger partial charge < -0.3 is 31.3 Å². The van der Waals surface area contributed by atoms with Crippen LogP contribution >= 0.6 is 0 Å². The lowest BCUT2D eigenvalue weighted by Crippen LogP contribution is -2.41. The lowest BCUT2D eigenvalue weighted by atomic mass is 10.1. The highest BCUT2D eigenvalue weighted by Gasteiger charge is 2.10. The van der Waals surface area contributed by atoms with E-state index in [-0.39, 0.29) is 5.96 Å². The van der Waals surface area contributed by atoms with Crippen LogP contribution in [0, 0.1) is 5.41 Å². The van der Waals surface area contributed by atoms with Crippen molar-refractivity contribution in [2.45, 2.75) is 44.9 Å². The summed E-state index contributed by atoms with van der Waals surface area (Å²) in [6.07, 6.45) is 7.93. The summed E-state index contributed by atoms with van der Waals surface area (Å²) in [4.78, 5) is 12.5. The molecule has 0 aliphatic carbocycles. The number of likely N-dealkylation sites (N-methyl/N-ethyl adjacent to an activating group) is 1. The van der Waals surface area contributed by atoms with E-state index in [1.165, 1.54) is 19.3 Å². The summed E-state index contributed by atoms with van der Waals surface area (Å²) < 4.78 is 5.88. The maximum atomic E-state index is 8.40. The van der Waals surface area contributed by atoms with Crippen LogP contribution in [0.5, 0.6) is 5.75 Å². The van der Waals surface area contributed by atoms with Crippen LogP contribution in [0.15, 0.2) is 34.3 Å². The molecular weight excluding hydrogens is 416 g/mol. The molecule has 0 spiro atoms. The first-order valence-corrected chi connectivity index (χ1v) is 12.0. The molecule has 1 aromatic carbocycles. The van der Waals surface area contributed by atoms with E-state index in [0.29, 0.717) is 19.1 Å². The maximum Gasteiger partial charge on any atom is 0.193 e. The van der Waals surface area contributed by atoms with Crippen molar-refractivity contribution in [3.63, 3.8) is 0 Å². The molecule has 33 heavy (non-hydrogen) atoms. The van der Waals surface area contributed by atoms with Gasteiger partial charge in [0.2, 0.25) is 0 Å². The van der Waals surface area contributed by atoms with Crippen molar-refractivity contribution in [3.8, 4) is 5.75 Å². The van der Waals surface area contributed by atoms with Crippen LogP contribution in [-0.2, 0) is 0 Å². The fraction of sp³-hybridized carbons (Fsp3) is 0.625. The molecule has 0 fully saturated rings. The smallest absolute Gasteiger partial charge is 0.193 e. The summed E-state index contributed by atoms with van der Waals surface area (Å²) in [6, 6.07) is 8.03. The summed E-state index contributed by atoms with van der Waals surface area (Å²) in [7, 11) is 3.92. The van der Waals surface area contributed by atoms with Crippen molar-refractivity contribution in [2.24, 2.45) is 21.5 Å². The van der Waals surface area contributed by atoms with E-state index in [0.717, 1.165) is 69.0 Å². The van der Waals surface area contributed by atoms with Gasteiger partial charge in [0.05, 0.1) is 6.54 Å². The highest BCUT2D eigenvalue weighted by atomic mass is 16.5. The van der Waals surface area contributed by atoms with Crippen LogP contribution < -0.4 is 21.5 Å². The molecule has 1 aromatic rings. The minimum Gasteiger partial charge on any atom is -0.492 e. The minimum atomic E-state index is 0.175. The number of aliphatic imine (C=N–C) groups is 2. The molecule has 6 N–H and O–H groups in total. The Balaban J connectivity index is 1.56. The quantitative estimate of drug-likeness (QED) is 0.192. The third-order valence-corrected chi connectivity index (χ3v) is 5.64. The molecule has 9 heteroatoms. The fourth-order valence-electron chi connectivity index (χ4n) is 3.61. The van der Waals surface area contributed by atoms with Gasteiger partial charge in [0, 0.05) is 45.8 Å². The Kier molecular flexibility index (Phi) is 11.9. The Bertz CT molecular complexity index is 758. The number of unbranched alkanes of at least 4 members (excludes halogenated alkanes) is 5. The molecule has 0 bridgehead atoms. The molecule has 1 aliphatic heterocycles. The molecule has 1 aliphatic rings. The number of nitrogens with one attached hydrogen (secondary N) is 2. The number of nitrogens with zero attached hydrogens (tertiary/aromatic N) is 4. The van der Waals surface area contributed by atoms with Crippen LogP contribution in [0.2, 0.25) is 0 Å². The van der Waals surface area contributed by atoms with Gasteiger partial charge in [-0.3, -0.25) is 15.4 Å². The second kappa shape index (κ2) is 15.0. The van der Waals surface area contributed by atoms with Crippen molar-refractivity contribution in [2.75, 3.05) is 53.4 Å². The predicted octanol–water partition coefficient (Wildman–Crippen LogP) is 2.22. The Morgan fingerprint density at radius 1 is 1.03 bits per heavy atom. The Hall–Kier alpha value is -2.97. The van der Waals surface area contributed by atoms with Crippen molar-refractivity contribution < 1.29 is 4.74 Å². The first-order chi connectivity index (χ1) is 16.0. The van der Waals surface area contributed by atoms with E-state index < -0.39 is 0 Å². The molecule has 0 radical (unpaired) electrons. The number of hydrogen-bond donors (Lipinski definition) is 4. The number of nitrogens with two attached hydrogens (primary N) is 2. The maximum absolute atomic E-state index is 8.40. The number of ether oxygens (including phenoxy) is 1. The van der Waals surface area contributed by atoms with E-state index in [2.05, 4.69) is 15.3 Å². The lowest BCUT2D eigenvalue weighted by molar-refractivity contribution is 0.269. The molecular formula is C24H42N8O. The molecule has 0 atom stereocenters. The Morgan fingerprint density at radius 2 is 1.70 bits per heavy atom. The summed E-state index contributed by atoms with van der Waals surface area (Å²) >= 11 is 0. The summed E-state index contributed by atoms with van der Waals surface area (Å²) in [5.41, 5.74) is 11.7. The van der Waals surface area contributed by atoms with Crippen LogP contribution in [0.25, 0.3) is 0 Å². The SMILES string of the molecule is CN(CCCCCCCCN=C(N)N)C(=N)N(C)CCOc1ccc(C2=NCCCN2)cc1. The molecule has 1 heterocycles. The standard InChI is InChI=1S/C24H42N8O/c1-31(17-8-6-4-3-5-7-14-30-23(25)26)24(27)32(2)18-19-33-21-12-10-20(11-13-21)22-28-15-9-16-29-22/h10-13,27H,3-9,14-19H2,1-2H3,(H,28,29)(H4,25,26,30). The second-order valence-electron chi connectivity index (χ2n) is 8.48. The number of amidine groups is 1. The Labute approximate surface area is 198 Å². The topological polar surface area (TPSA) is 128 Å². The lowest BCUT2D eigenvalue weighted by Gasteiger charge is -2.28. The zero-order valence-corrected chi connectivity index (χ0v) is 20.4. The highest BCUT2D eigenvalue weighted by molar-refractivity contribution is 5.99. The largest absolute Gasteiger partial charge is 0.492 e. The number of rotatable bonds is 14. The minimum absolute atomic E-state index is 0.175. The van der Waals surface area contributed by atoms with Crippen LogP contribution in [0.3, 0.4) is 0 Å². The average Bonchev–Trinajstić information content (AvgIpc) is 2.83. The number of guanidine groups is 2. The third kappa shape index (κ3) is 10.5. The van der Waals surface area contributed by atoms with E-state index in [1.54, 1.807) is 0 Å². The molecule has 0 saturated heterocycles. The van der Waals surface area contributed by atoms with Gasteiger partial charge in [-0.1, -0.05) is 25.7 Å². The van der Waals surface area contributed by atoms with Crippen LogP contribution in [0.1, 0.15) is 50.5 Å². The second-order valence-corrected chi connectivity index (χ2v) is 8.48. The van der Waals surface area contributed by atoms with Crippen LogP contribution in [-0.4, -0.2) is 81.0 Å². The average molecular weight is 459 g/mol. The molecule has 9 nitrogen and oxygen atoms in total. The van der Waals surface area contributed by atoms with E-state index in [9.17, 15) is 0 Å². The van der Waals surface area contributed by atoms with Gasteiger partial charge >= 0.3 is 0 Å². The van der Waals surface area contributed by atoms with Crippen molar-refractivity contribution in [3.05, 3.63) is 29.8 Å². The van der Waals surface area contributed by atoms with Crippen LogP contribution in [0.4, 0.5) is 0 Å². The van der Waals surface area contributed by atoms with E-state index in [4.69, 9.17) is 21.6 Å². The van der Waals surface area contributed by atoms with Gasteiger partial charge in [0.15, 0.2) is 11.9 Å². The fourth-order valence-corrected chi connectivity index (χ4v) is 3.61. The summed E-state index contributed by atoms with van der Waals surface area (Å²) in [5, 5.41) is 11.7. The van der Waals surface area contributed by atoms with Gasteiger partial charge in [-0.15, -0.1) is 0 Å². The van der Waals surface area contributed by atoms with Gasteiger partial charge in [0.1, 0.15) is 18.2 Å². The molecule has 2 rings (SSSR count). The number of benzene rings is 1. The summed E-state index contributed by atoms with van der Waals surface area (Å²) in [5.74, 6) is 2.50. The van der Waals surface area contributed by atoms with Gasteiger partial charge in [-0.2, -0.15) is 0 Å². The molecule has 0 aromatic heterocycles.